The number of likely N-dealkylation sites (tertiary alicyclic amines) is 1. The van der Waals surface area contributed by atoms with Crippen molar-refractivity contribution in [2.45, 2.75) is 18.4 Å². The minimum atomic E-state index is -3.40. The number of amides is 2. The third kappa shape index (κ3) is 4.82. The van der Waals surface area contributed by atoms with E-state index in [2.05, 4.69) is 16.6 Å². The van der Waals surface area contributed by atoms with E-state index < -0.39 is 21.7 Å². The molecule has 38 heavy (non-hydrogen) atoms. The molecule has 1 aromatic heterocycles. The van der Waals surface area contributed by atoms with Gasteiger partial charge in [0, 0.05) is 31.4 Å². The number of nitrogens with one attached hydrogen (secondary N) is 1. The molecule has 1 aliphatic heterocycles. The highest BCUT2D eigenvalue weighted by atomic mass is 32.2. The highest BCUT2D eigenvalue weighted by Crippen LogP contribution is 2.43. The van der Waals surface area contributed by atoms with Gasteiger partial charge >= 0.3 is 6.09 Å². The number of carbonyl (C=O) groups excluding carboxylic acids is 1. The van der Waals surface area contributed by atoms with Gasteiger partial charge in [-0.05, 0) is 48.7 Å². The fourth-order valence-electron chi connectivity index (χ4n) is 4.55. The van der Waals surface area contributed by atoms with E-state index in [0.717, 1.165) is 11.2 Å². The van der Waals surface area contributed by atoms with Gasteiger partial charge in [0.15, 0.2) is 5.43 Å². The van der Waals surface area contributed by atoms with Gasteiger partial charge in [0.05, 0.1) is 23.1 Å². The van der Waals surface area contributed by atoms with E-state index in [-0.39, 0.29) is 17.3 Å². The molecule has 2 aromatic carbocycles. The predicted octanol–water partition coefficient (Wildman–Crippen LogP) is 2.78. The summed E-state index contributed by atoms with van der Waals surface area (Å²) in [5.41, 5.74) is 1.25. The molecule has 2 amide bonds. The van der Waals surface area contributed by atoms with Crippen LogP contribution in [0.15, 0.2) is 57.9 Å². The molecule has 1 aliphatic carbocycles. The zero-order valence-corrected chi connectivity index (χ0v) is 21.5. The van der Waals surface area contributed by atoms with Crippen LogP contribution in [0.3, 0.4) is 0 Å². The Kier molecular flexibility index (Phi) is 6.15. The second-order valence-corrected chi connectivity index (χ2v) is 11.4. The molecule has 2 aliphatic rings. The summed E-state index contributed by atoms with van der Waals surface area (Å²) >= 11 is 0. The third-order valence-electron chi connectivity index (χ3n) is 6.91. The Balaban J connectivity index is 1.27. The lowest BCUT2D eigenvalue weighted by Crippen LogP contribution is -2.58. The molecule has 0 spiro atoms. The van der Waals surface area contributed by atoms with Gasteiger partial charge in [-0.1, -0.05) is 24.0 Å². The van der Waals surface area contributed by atoms with E-state index in [4.69, 9.17) is 4.42 Å². The van der Waals surface area contributed by atoms with Crippen molar-refractivity contribution in [2.75, 3.05) is 31.1 Å². The highest BCUT2D eigenvalue weighted by Gasteiger charge is 2.58. The number of rotatable bonds is 5. The summed E-state index contributed by atoms with van der Waals surface area (Å²) < 4.78 is 30.9. The smallest absolute Gasteiger partial charge is 0.407 e. The summed E-state index contributed by atoms with van der Waals surface area (Å²) in [6.45, 7) is 0.900. The van der Waals surface area contributed by atoms with Crippen molar-refractivity contribution < 1.29 is 27.5 Å². The first kappa shape index (κ1) is 25.4. The fraction of sp³-hybridized carbons (Fsp3) is 0.296. The van der Waals surface area contributed by atoms with Gasteiger partial charge in [0.2, 0.25) is 15.9 Å². The van der Waals surface area contributed by atoms with Crippen molar-refractivity contribution in [2.24, 2.45) is 5.92 Å². The van der Waals surface area contributed by atoms with Crippen LogP contribution in [0.1, 0.15) is 18.4 Å². The Hall–Kier alpha value is -4.30. The first-order valence-electron chi connectivity index (χ1n) is 11.9. The quantitative estimate of drug-likeness (QED) is 0.479. The van der Waals surface area contributed by atoms with Crippen molar-refractivity contribution in [3.8, 4) is 23.0 Å². The van der Waals surface area contributed by atoms with Gasteiger partial charge in [0.1, 0.15) is 17.4 Å². The first-order valence-corrected chi connectivity index (χ1v) is 13.8. The zero-order chi connectivity index (χ0) is 27.2. The van der Waals surface area contributed by atoms with Crippen LogP contribution in [0.2, 0.25) is 0 Å². The molecule has 2 heterocycles. The van der Waals surface area contributed by atoms with Crippen molar-refractivity contribution in [1.29, 1.82) is 0 Å². The molecule has 1 saturated carbocycles. The Morgan fingerprint density at radius 2 is 1.84 bits per heavy atom. The summed E-state index contributed by atoms with van der Waals surface area (Å²) in [7, 11) is -1.97. The standard InChI is InChI=1S/C27H25N3O7S/c1-29(26(33)34)27(11-12-27)25(32)30-14-18(15-30)4-3-17-5-10-21-23(13-17)37-16-22(24(21)31)19-6-8-20(9-7-19)28-38(2,35)36/h5-10,13,16,18,28H,11-12,14-15H2,1-2H3,(H,33,34). The van der Waals surface area contributed by atoms with Gasteiger partial charge < -0.3 is 14.4 Å². The largest absolute Gasteiger partial charge is 0.465 e. The van der Waals surface area contributed by atoms with Crippen molar-refractivity contribution in [3.05, 3.63) is 64.5 Å². The number of carboxylic acid groups (broad SMARTS) is 1. The molecule has 0 unspecified atom stereocenters. The molecule has 2 N–H and O–H groups in total. The summed E-state index contributed by atoms with van der Waals surface area (Å²) in [5, 5.41) is 9.63. The lowest BCUT2D eigenvalue weighted by atomic mass is 9.98. The van der Waals surface area contributed by atoms with Crippen molar-refractivity contribution in [1.82, 2.24) is 9.80 Å². The Labute approximate surface area is 218 Å². The van der Waals surface area contributed by atoms with Crippen molar-refractivity contribution in [3.63, 3.8) is 0 Å². The van der Waals surface area contributed by atoms with Crippen LogP contribution in [0.25, 0.3) is 22.1 Å². The number of hydrogen-bond donors (Lipinski definition) is 2. The molecular formula is C27H25N3O7S. The number of likely N-dealkylation sites (N-methyl/N-ethyl adjacent to an activating group) is 1. The lowest BCUT2D eigenvalue weighted by molar-refractivity contribution is -0.142. The van der Waals surface area contributed by atoms with Crippen LogP contribution in [-0.2, 0) is 14.8 Å². The maximum absolute atomic E-state index is 13.1. The van der Waals surface area contributed by atoms with Crippen LogP contribution in [0, 0.1) is 17.8 Å². The summed E-state index contributed by atoms with van der Waals surface area (Å²) in [6, 6.07) is 11.5. The number of hydrogen-bond acceptors (Lipinski definition) is 6. The molecule has 10 nitrogen and oxygen atoms in total. The fourth-order valence-corrected chi connectivity index (χ4v) is 5.11. The van der Waals surface area contributed by atoms with Gasteiger partial charge in [-0.3, -0.25) is 19.2 Å². The van der Waals surface area contributed by atoms with E-state index >= 15 is 0 Å². The normalized spacial score (nSPS) is 16.2. The van der Waals surface area contributed by atoms with E-state index in [9.17, 15) is 27.9 Å². The highest BCUT2D eigenvalue weighted by molar-refractivity contribution is 7.92. The summed E-state index contributed by atoms with van der Waals surface area (Å²) in [5.74, 6) is 6.03. The molecule has 2 fully saturated rings. The monoisotopic (exact) mass is 535 g/mol. The molecule has 11 heteroatoms. The Morgan fingerprint density at radius 1 is 1.16 bits per heavy atom. The zero-order valence-electron chi connectivity index (χ0n) is 20.7. The minimum Gasteiger partial charge on any atom is -0.465 e. The van der Waals surface area contributed by atoms with E-state index in [1.807, 2.05) is 0 Å². The number of benzene rings is 2. The third-order valence-corrected chi connectivity index (χ3v) is 7.52. The van der Waals surface area contributed by atoms with E-state index in [1.165, 1.54) is 13.3 Å². The topological polar surface area (TPSA) is 137 Å². The first-order chi connectivity index (χ1) is 18.0. The van der Waals surface area contributed by atoms with Crippen LogP contribution in [0.4, 0.5) is 10.5 Å². The maximum Gasteiger partial charge on any atom is 0.407 e. The molecular weight excluding hydrogens is 510 g/mol. The second-order valence-electron chi connectivity index (χ2n) is 9.69. The molecule has 0 bridgehead atoms. The van der Waals surface area contributed by atoms with Crippen molar-refractivity contribution >= 4 is 38.7 Å². The summed E-state index contributed by atoms with van der Waals surface area (Å²) in [6.07, 6.45) is 2.40. The minimum absolute atomic E-state index is 0.0184. The SMILES string of the molecule is CN(C(=O)O)C1(C(=O)N2CC(C#Cc3ccc4c(=O)c(-c5ccc(NS(C)(=O)=O)cc5)coc4c3)C2)CC1. The van der Waals surface area contributed by atoms with Crippen LogP contribution < -0.4 is 10.2 Å². The van der Waals surface area contributed by atoms with Gasteiger partial charge in [-0.2, -0.15) is 0 Å². The average molecular weight is 536 g/mol. The predicted molar refractivity (Wildman–Crippen MR) is 141 cm³/mol. The molecule has 0 atom stereocenters. The van der Waals surface area contributed by atoms with Gasteiger partial charge in [-0.15, -0.1) is 0 Å². The molecule has 5 rings (SSSR count). The van der Waals surface area contributed by atoms with Crippen LogP contribution in [0.5, 0.6) is 0 Å². The maximum atomic E-state index is 13.1. The van der Waals surface area contributed by atoms with Crippen LogP contribution in [-0.4, -0.2) is 67.3 Å². The van der Waals surface area contributed by atoms with Crippen LogP contribution >= 0.6 is 0 Å². The van der Waals surface area contributed by atoms with E-state index in [1.54, 1.807) is 47.4 Å². The number of carbonyl (C=O) groups is 2. The van der Waals surface area contributed by atoms with E-state index in [0.29, 0.717) is 59.3 Å². The van der Waals surface area contributed by atoms with Gasteiger partial charge in [0.25, 0.3) is 0 Å². The molecule has 3 aromatic rings. The lowest BCUT2D eigenvalue weighted by Gasteiger charge is -2.40. The Bertz CT molecular complexity index is 1670. The van der Waals surface area contributed by atoms with Gasteiger partial charge in [-0.25, -0.2) is 13.2 Å². The second kappa shape index (κ2) is 9.22. The Morgan fingerprint density at radius 3 is 2.45 bits per heavy atom. The molecule has 1 saturated heterocycles. The number of nitrogens with zero attached hydrogens (tertiary/aromatic N) is 2. The molecule has 196 valence electrons. The number of fused-ring (bicyclic) bond motifs is 1. The number of anilines is 1. The molecule has 0 radical (unpaired) electrons. The number of sulfonamides is 1. The summed E-state index contributed by atoms with van der Waals surface area (Å²) in [4.78, 5) is 39.9. The average Bonchev–Trinajstić information content (AvgIpc) is 3.64.